The smallest absolute Gasteiger partial charge is 0.0690 e. The third kappa shape index (κ3) is 1.47. The van der Waals surface area contributed by atoms with Gasteiger partial charge in [-0.3, -0.25) is 0 Å². The number of fused-ring (bicyclic) bond motifs is 5. The van der Waals surface area contributed by atoms with Gasteiger partial charge in [0.15, 0.2) is 0 Å². The summed E-state index contributed by atoms with van der Waals surface area (Å²) in [5.41, 5.74) is -0.0147. The predicted molar refractivity (Wildman–Crippen MR) is 81.5 cm³/mol. The molecule has 1 spiro atoms. The first-order valence-corrected chi connectivity index (χ1v) is 9.05. The van der Waals surface area contributed by atoms with E-state index in [-0.39, 0.29) is 17.4 Å². The van der Waals surface area contributed by atoms with E-state index in [9.17, 15) is 10.2 Å². The van der Waals surface area contributed by atoms with E-state index in [0.717, 1.165) is 12.8 Å². The van der Waals surface area contributed by atoms with Gasteiger partial charge >= 0.3 is 0 Å². The summed E-state index contributed by atoms with van der Waals surface area (Å²) in [7, 11) is 0. The average molecular weight is 288 g/mol. The highest BCUT2D eigenvalue weighted by Crippen LogP contribution is 2.71. The van der Waals surface area contributed by atoms with E-state index in [1.54, 1.807) is 0 Å². The van der Waals surface area contributed by atoms with Gasteiger partial charge in [0, 0.05) is 5.92 Å². The first-order chi connectivity index (χ1) is 9.96. The molecular formula is C19H28O2. The molecule has 0 saturated heterocycles. The van der Waals surface area contributed by atoms with Crippen LogP contribution in [0.3, 0.4) is 0 Å². The lowest BCUT2D eigenvalue weighted by Gasteiger charge is -2.60. The van der Waals surface area contributed by atoms with Gasteiger partial charge in [0.2, 0.25) is 0 Å². The number of allylic oxidation sites excluding steroid dienone is 1. The molecule has 116 valence electrons. The summed E-state index contributed by atoms with van der Waals surface area (Å²) in [6.45, 7) is 2.33. The second kappa shape index (κ2) is 3.76. The summed E-state index contributed by atoms with van der Waals surface area (Å²) in [6, 6.07) is 0. The van der Waals surface area contributed by atoms with Crippen molar-refractivity contribution < 1.29 is 10.2 Å². The molecule has 3 bridgehead atoms. The lowest BCUT2D eigenvalue weighted by Crippen LogP contribution is -2.60. The van der Waals surface area contributed by atoms with Crippen LogP contribution in [-0.2, 0) is 0 Å². The van der Waals surface area contributed by atoms with Crippen LogP contribution in [0.1, 0.15) is 58.3 Å². The van der Waals surface area contributed by atoms with E-state index in [2.05, 4.69) is 19.1 Å². The molecular weight excluding hydrogens is 260 g/mol. The molecule has 2 nitrogen and oxygen atoms in total. The van der Waals surface area contributed by atoms with Crippen molar-refractivity contribution in [1.82, 2.24) is 0 Å². The summed E-state index contributed by atoms with van der Waals surface area (Å²) in [6.07, 6.45) is 13.8. The van der Waals surface area contributed by atoms with Crippen molar-refractivity contribution in [2.45, 2.75) is 70.0 Å². The summed E-state index contributed by atoms with van der Waals surface area (Å²) in [5, 5.41) is 22.7. The van der Waals surface area contributed by atoms with Crippen LogP contribution in [0, 0.1) is 34.5 Å². The van der Waals surface area contributed by atoms with Crippen LogP contribution in [0.5, 0.6) is 0 Å². The third-order valence-corrected chi connectivity index (χ3v) is 8.24. The minimum atomic E-state index is -0.503. The zero-order chi connectivity index (χ0) is 14.5. The van der Waals surface area contributed by atoms with Crippen molar-refractivity contribution >= 4 is 0 Å². The molecule has 0 aromatic rings. The van der Waals surface area contributed by atoms with Crippen LogP contribution >= 0.6 is 0 Å². The van der Waals surface area contributed by atoms with Crippen molar-refractivity contribution in [1.29, 1.82) is 0 Å². The maximum atomic E-state index is 11.5. The van der Waals surface area contributed by atoms with Crippen LogP contribution in [0.15, 0.2) is 12.2 Å². The molecule has 0 aromatic heterocycles. The van der Waals surface area contributed by atoms with Crippen LogP contribution in [-0.4, -0.2) is 21.9 Å². The topological polar surface area (TPSA) is 40.5 Å². The molecule has 5 aliphatic carbocycles. The average Bonchev–Trinajstić information content (AvgIpc) is 2.84. The second-order valence-corrected chi connectivity index (χ2v) is 9.41. The predicted octanol–water partition coefficient (Wildman–Crippen LogP) is 3.28. The highest BCUT2D eigenvalue weighted by atomic mass is 16.3. The molecule has 2 heteroatoms. The minimum absolute atomic E-state index is 0.114. The van der Waals surface area contributed by atoms with E-state index in [1.165, 1.54) is 38.5 Å². The Morgan fingerprint density at radius 3 is 2.57 bits per heavy atom. The first-order valence-electron chi connectivity index (χ1n) is 9.05. The van der Waals surface area contributed by atoms with Crippen LogP contribution in [0.25, 0.3) is 0 Å². The van der Waals surface area contributed by atoms with E-state index in [0.29, 0.717) is 23.2 Å². The Morgan fingerprint density at radius 2 is 1.81 bits per heavy atom. The van der Waals surface area contributed by atoms with Crippen molar-refractivity contribution in [2.75, 3.05) is 0 Å². The molecule has 5 aliphatic rings. The molecule has 0 amide bonds. The second-order valence-electron chi connectivity index (χ2n) is 9.41. The highest BCUT2D eigenvalue weighted by molar-refractivity contribution is 5.24. The van der Waals surface area contributed by atoms with Crippen molar-refractivity contribution in [3.8, 4) is 0 Å². The van der Waals surface area contributed by atoms with Crippen molar-refractivity contribution in [3.63, 3.8) is 0 Å². The number of rotatable bonds is 0. The van der Waals surface area contributed by atoms with Gasteiger partial charge in [0.05, 0.1) is 11.7 Å². The van der Waals surface area contributed by atoms with E-state index in [1.807, 2.05) is 0 Å². The summed E-state index contributed by atoms with van der Waals surface area (Å²) < 4.78 is 0. The molecule has 4 fully saturated rings. The molecule has 4 saturated carbocycles. The third-order valence-electron chi connectivity index (χ3n) is 8.24. The molecule has 0 aromatic carbocycles. The maximum Gasteiger partial charge on any atom is 0.0690 e. The maximum absolute atomic E-state index is 11.5. The van der Waals surface area contributed by atoms with Gasteiger partial charge in [-0.15, -0.1) is 0 Å². The fraction of sp³-hybridized carbons (Fsp3) is 0.895. The summed E-state index contributed by atoms with van der Waals surface area (Å²) in [4.78, 5) is 0. The van der Waals surface area contributed by atoms with Gasteiger partial charge < -0.3 is 10.2 Å². The van der Waals surface area contributed by atoms with Gasteiger partial charge in [-0.25, -0.2) is 0 Å². The Kier molecular flexibility index (Phi) is 2.35. The van der Waals surface area contributed by atoms with E-state index >= 15 is 0 Å². The zero-order valence-electron chi connectivity index (χ0n) is 13.1. The summed E-state index contributed by atoms with van der Waals surface area (Å²) in [5.74, 6) is 1.53. The van der Waals surface area contributed by atoms with Gasteiger partial charge in [-0.05, 0) is 67.1 Å². The van der Waals surface area contributed by atoms with Crippen LogP contribution in [0.4, 0.5) is 0 Å². The largest absolute Gasteiger partial charge is 0.392 e. The first kappa shape index (κ1) is 13.1. The monoisotopic (exact) mass is 288 g/mol. The van der Waals surface area contributed by atoms with Gasteiger partial charge in [-0.1, -0.05) is 31.9 Å². The fourth-order valence-corrected chi connectivity index (χ4v) is 7.61. The fourth-order valence-electron chi connectivity index (χ4n) is 7.61. The quantitative estimate of drug-likeness (QED) is 0.672. The van der Waals surface area contributed by atoms with E-state index in [4.69, 9.17) is 0 Å². The van der Waals surface area contributed by atoms with Gasteiger partial charge in [0.25, 0.3) is 0 Å². The Bertz CT molecular complexity index is 506. The number of aliphatic hydroxyl groups excluding tert-OH is 1. The molecule has 5 rings (SSSR count). The molecule has 0 aliphatic heterocycles. The van der Waals surface area contributed by atoms with Gasteiger partial charge in [0.1, 0.15) is 0 Å². The normalized spacial score (nSPS) is 59.7. The molecule has 0 heterocycles. The number of aliphatic hydroxyl groups is 2. The standard InChI is InChI=1S/C19H28O2/c1-17-8-12-4-5-13(17)16(20)15-14(19(21,9-12)11-17)10-18(15)6-2-3-7-18/h4-5,12-16,20-21H,2-3,6-11H2,1H3/t12-,13-,14+,15-,16-,17+,19+/m0/s1. The Morgan fingerprint density at radius 1 is 1.05 bits per heavy atom. The van der Waals surface area contributed by atoms with Crippen molar-refractivity contribution in [2.24, 2.45) is 34.5 Å². The van der Waals surface area contributed by atoms with Crippen molar-refractivity contribution in [3.05, 3.63) is 12.2 Å². The summed E-state index contributed by atoms with van der Waals surface area (Å²) >= 11 is 0. The molecule has 0 radical (unpaired) electrons. The molecule has 21 heavy (non-hydrogen) atoms. The highest BCUT2D eigenvalue weighted by Gasteiger charge is 2.69. The Hall–Kier alpha value is -0.340. The van der Waals surface area contributed by atoms with Crippen LogP contribution < -0.4 is 0 Å². The lowest BCUT2D eigenvalue weighted by molar-refractivity contribution is -0.194. The number of hydrogen-bond donors (Lipinski definition) is 2. The minimum Gasteiger partial charge on any atom is -0.392 e. The Labute approximate surface area is 127 Å². The SMILES string of the molecule is C[C@]12C[C@@H]3C=C[C@H]1[C@H](O)[C@@H]1[C@@H](CC14CCCC4)[C@@](O)(C3)C2. The zero-order valence-corrected chi connectivity index (χ0v) is 13.1. The van der Waals surface area contributed by atoms with Gasteiger partial charge in [-0.2, -0.15) is 0 Å². The Balaban J connectivity index is 1.63. The van der Waals surface area contributed by atoms with E-state index < -0.39 is 5.60 Å². The molecule has 2 N–H and O–H groups in total. The lowest BCUT2D eigenvalue weighted by atomic mass is 9.46. The molecule has 7 atom stereocenters. The molecule has 0 unspecified atom stereocenters. The van der Waals surface area contributed by atoms with Crippen LogP contribution in [0.2, 0.25) is 0 Å². The number of hydrogen-bond acceptors (Lipinski definition) is 2.